The lowest BCUT2D eigenvalue weighted by atomic mass is 9.80. The van der Waals surface area contributed by atoms with E-state index in [-0.39, 0.29) is 0 Å². The van der Waals surface area contributed by atoms with Crippen molar-refractivity contribution >= 4 is 11.6 Å². The molecule has 0 spiro atoms. The first kappa shape index (κ1) is 20.2. The van der Waals surface area contributed by atoms with E-state index in [1.54, 1.807) is 7.11 Å². The summed E-state index contributed by atoms with van der Waals surface area (Å²) in [5.41, 5.74) is 4.98. The van der Waals surface area contributed by atoms with Crippen LogP contribution < -0.4 is 0 Å². The van der Waals surface area contributed by atoms with Gasteiger partial charge in [0, 0.05) is 23.8 Å². The van der Waals surface area contributed by atoms with E-state index in [0.717, 1.165) is 23.6 Å². The van der Waals surface area contributed by atoms with Crippen LogP contribution in [0.3, 0.4) is 0 Å². The number of hydrogen-bond acceptors (Lipinski definition) is 2. The molecule has 3 heteroatoms. The molecule has 2 nitrogen and oxygen atoms in total. The molecule has 144 valence electrons. The SMILES string of the molecule is C=C(CC(C)[C@H](Cc1ccc(Cl)cc1)c1ccc(-c2ccncc2)cc1)OC. The number of allylic oxidation sites excluding steroid dienone is 1. The number of aromatic nitrogens is 1. The Balaban J connectivity index is 1.86. The van der Waals surface area contributed by atoms with E-state index < -0.39 is 0 Å². The van der Waals surface area contributed by atoms with E-state index in [4.69, 9.17) is 16.3 Å². The van der Waals surface area contributed by atoms with Crippen LogP contribution in [-0.4, -0.2) is 12.1 Å². The van der Waals surface area contributed by atoms with Gasteiger partial charge in [-0.25, -0.2) is 0 Å². The van der Waals surface area contributed by atoms with Gasteiger partial charge in [-0.15, -0.1) is 0 Å². The lowest BCUT2D eigenvalue weighted by molar-refractivity contribution is 0.255. The van der Waals surface area contributed by atoms with Gasteiger partial charge in [-0.3, -0.25) is 4.98 Å². The van der Waals surface area contributed by atoms with E-state index in [2.05, 4.69) is 54.9 Å². The lowest BCUT2D eigenvalue weighted by Crippen LogP contribution is -2.14. The zero-order chi connectivity index (χ0) is 19.9. The smallest absolute Gasteiger partial charge is 0.0886 e. The predicted molar refractivity (Wildman–Crippen MR) is 118 cm³/mol. The summed E-state index contributed by atoms with van der Waals surface area (Å²) >= 11 is 6.06. The van der Waals surface area contributed by atoms with Gasteiger partial charge in [0.05, 0.1) is 12.9 Å². The van der Waals surface area contributed by atoms with Crippen LogP contribution in [0.15, 0.2) is 85.4 Å². The summed E-state index contributed by atoms with van der Waals surface area (Å²) in [5.74, 6) is 1.58. The van der Waals surface area contributed by atoms with Gasteiger partial charge in [0.25, 0.3) is 0 Å². The Morgan fingerprint density at radius 2 is 1.57 bits per heavy atom. The van der Waals surface area contributed by atoms with Crippen LogP contribution in [0.2, 0.25) is 5.02 Å². The Morgan fingerprint density at radius 3 is 2.18 bits per heavy atom. The Labute approximate surface area is 172 Å². The second-order valence-electron chi connectivity index (χ2n) is 7.22. The summed E-state index contributed by atoms with van der Waals surface area (Å²) in [4.78, 5) is 4.10. The molecule has 1 aromatic heterocycles. The minimum atomic E-state index is 0.361. The molecule has 3 rings (SSSR count). The van der Waals surface area contributed by atoms with Crippen molar-refractivity contribution in [1.82, 2.24) is 4.98 Å². The molecule has 1 unspecified atom stereocenters. The van der Waals surface area contributed by atoms with Gasteiger partial charge in [-0.1, -0.05) is 61.5 Å². The van der Waals surface area contributed by atoms with Gasteiger partial charge < -0.3 is 4.74 Å². The fourth-order valence-electron chi connectivity index (χ4n) is 3.57. The molecule has 2 aromatic carbocycles. The normalized spacial score (nSPS) is 13.0. The van der Waals surface area contributed by atoms with Crippen LogP contribution in [0, 0.1) is 5.92 Å². The van der Waals surface area contributed by atoms with Crippen LogP contribution in [0.5, 0.6) is 0 Å². The summed E-state index contributed by atoms with van der Waals surface area (Å²) < 4.78 is 5.33. The predicted octanol–water partition coefficient (Wildman–Crippen LogP) is 6.91. The van der Waals surface area contributed by atoms with Crippen molar-refractivity contribution in [3.8, 4) is 11.1 Å². The molecule has 0 saturated carbocycles. The van der Waals surface area contributed by atoms with Crippen molar-refractivity contribution in [2.24, 2.45) is 5.92 Å². The molecule has 28 heavy (non-hydrogen) atoms. The number of halogens is 1. The Bertz CT molecular complexity index is 888. The number of nitrogens with zero attached hydrogens (tertiary/aromatic N) is 1. The third-order valence-electron chi connectivity index (χ3n) is 5.25. The van der Waals surface area contributed by atoms with E-state index in [1.165, 1.54) is 22.3 Å². The summed E-state index contributed by atoms with van der Waals surface area (Å²) in [6.45, 7) is 6.28. The molecular formula is C25H26ClNO. The van der Waals surface area contributed by atoms with Crippen molar-refractivity contribution < 1.29 is 4.74 Å². The van der Waals surface area contributed by atoms with Gasteiger partial charge in [0.15, 0.2) is 0 Å². The largest absolute Gasteiger partial charge is 0.502 e. The molecule has 0 saturated heterocycles. The zero-order valence-electron chi connectivity index (χ0n) is 16.4. The average molecular weight is 392 g/mol. The molecule has 0 radical (unpaired) electrons. The maximum absolute atomic E-state index is 6.06. The Morgan fingerprint density at radius 1 is 0.964 bits per heavy atom. The quantitative estimate of drug-likeness (QED) is 0.389. The van der Waals surface area contributed by atoms with E-state index >= 15 is 0 Å². The molecule has 0 N–H and O–H groups in total. The van der Waals surface area contributed by atoms with Gasteiger partial charge in [0.1, 0.15) is 0 Å². The molecule has 2 atom stereocenters. The molecule has 0 fully saturated rings. The molecular weight excluding hydrogens is 366 g/mol. The highest BCUT2D eigenvalue weighted by Crippen LogP contribution is 2.34. The number of pyridine rings is 1. The lowest BCUT2D eigenvalue weighted by Gasteiger charge is -2.25. The number of ether oxygens (including phenoxy) is 1. The molecule has 0 aliphatic carbocycles. The second kappa shape index (κ2) is 9.57. The average Bonchev–Trinajstić information content (AvgIpc) is 2.74. The highest BCUT2D eigenvalue weighted by molar-refractivity contribution is 6.30. The minimum absolute atomic E-state index is 0.361. The monoisotopic (exact) mass is 391 g/mol. The Kier molecular flexibility index (Phi) is 6.89. The number of benzene rings is 2. The first-order chi connectivity index (χ1) is 13.6. The molecule has 3 aromatic rings. The first-order valence-electron chi connectivity index (χ1n) is 9.53. The summed E-state index contributed by atoms with van der Waals surface area (Å²) in [7, 11) is 1.69. The third kappa shape index (κ3) is 5.24. The van der Waals surface area contributed by atoms with Crippen molar-refractivity contribution in [3.63, 3.8) is 0 Å². The highest BCUT2D eigenvalue weighted by atomic mass is 35.5. The standard InChI is InChI=1S/C25H26ClNO/c1-18(16-19(2)28-3)25(17-20-4-10-24(26)11-5-20)23-8-6-21(7-9-23)22-12-14-27-15-13-22/h4-15,18,25H,2,16-17H2,1,3H3/t18?,25-/m0/s1. The highest BCUT2D eigenvalue weighted by Gasteiger charge is 2.21. The van der Waals surface area contributed by atoms with Crippen LogP contribution in [0.25, 0.3) is 11.1 Å². The maximum atomic E-state index is 6.06. The molecule has 0 amide bonds. The van der Waals surface area contributed by atoms with Crippen LogP contribution in [-0.2, 0) is 11.2 Å². The van der Waals surface area contributed by atoms with Gasteiger partial charge in [0.2, 0.25) is 0 Å². The van der Waals surface area contributed by atoms with Crippen LogP contribution >= 0.6 is 11.6 Å². The van der Waals surface area contributed by atoms with Gasteiger partial charge in [-0.05, 0) is 64.8 Å². The maximum Gasteiger partial charge on any atom is 0.0886 e. The van der Waals surface area contributed by atoms with E-state index in [1.807, 2.05) is 36.7 Å². The summed E-state index contributed by atoms with van der Waals surface area (Å²) in [6, 6.07) is 21.1. The van der Waals surface area contributed by atoms with Gasteiger partial charge in [-0.2, -0.15) is 0 Å². The fourth-order valence-corrected chi connectivity index (χ4v) is 3.70. The van der Waals surface area contributed by atoms with Crippen molar-refractivity contribution in [2.45, 2.75) is 25.7 Å². The van der Waals surface area contributed by atoms with Crippen molar-refractivity contribution in [2.75, 3.05) is 7.11 Å². The fraction of sp³-hybridized carbons (Fsp3) is 0.240. The summed E-state index contributed by atoms with van der Waals surface area (Å²) in [6.07, 6.45) is 5.43. The van der Waals surface area contributed by atoms with Crippen molar-refractivity contribution in [3.05, 3.63) is 102 Å². The van der Waals surface area contributed by atoms with E-state index in [9.17, 15) is 0 Å². The molecule has 0 aliphatic rings. The Hall–Kier alpha value is -2.58. The second-order valence-corrected chi connectivity index (χ2v) is 7.66. The zero-order valence-corrected chi connectivity index (χ0v) is 17.2. The molecule has 0 aliphatic heterocycles. The number of rotatable bonds is 8. The topological polar surface area (TPSA) is 22.1 Å². The molecule has 1 heterocycles. The first-order valence-corrected chi connectivity index (χ1v) is 9.91. The molecule has 0 bridgehead atoms. The van der Waals surface area contributed by atoms with Crippen molar-refractivity contribution in [1.29, 1.82) is 0 Å². The third-order valence-corrected chi connectivity index (χ3v) is 5.50. The van der Waals surface area contributed by atoms with Crippen LogP contribution in [0.1, 0.15) is 30.4 Å². The number of methoxy groups -OCH3 is 1. The number of hydrogen-bond donors (Lipinski definition) is 0. The minimum Gasteiger partial charge on any atom is -0.502 e. The summed E-state index contributed by atoms with van der Waals surface area (Å²) in [5, 5.41) is 0.766. The van der Waals surface area contributed by atoms with E-state index in [0.29, 0.717) is 11.8 Å². The van der Waals surface area contributed by atoms with Gasteiger partial charge >= 0.3 is 0 Å². The van der Waals surface area contributed by atoms with Crippen LogP contribution in [0.4, 0.5) is 0 Å².